The maximum atomic E-state index is 11.0. The van der Waals surface area contributed by atoms with Crippen molar-refractivity contribution in [3.05, 3.63) is 24.5 Å². The predicted molar refractivity (Wildman–Crippen MR) is 63.3 cm³/mol. The van der Waals surface area contributed by atoms with Crippen molar-refractivity contribution >= 4 is 9.84 Å². The third-order valence-electron chi connectivity index (χ3n) is 2.34. The highest BCUT2D eigenvalue weighted by atomic mass is 32.2. The molecule has 0 saturated heterocycles. The summed E-state index contributed by atoms with van der Waals surface area (Å²) in [7, 11) is -3.05. The van der Waals surface area contributed by atoms with Crippen molar-refractivity contribution in [2.24, 2.45) is 5.73 Å². The van der Waals surface area contributed by atoms with Crippen LogP contribution in [0, 0.1) is 0 Å². The number of nitrogens with two attached hydrogens (primary N) is 1. The van der Waals surface area contributed by atoms with Gasteiger partial charge in [0.1, 0.15) is 16.1 Å². The first kappa shape index (κ1) is 12.8. The summed E-state index contributed by atoms with van der Waals surface area (Å²) in [5.41, 5.74) is 6.47. The molecule has 98 valence electrons. The van der Waals surface area contributed by atoms with Gasteiger partial charge in [0, 0.05) is 6.26 Å². The van der Waals surface area contributed by atoms with Crippen molar-refractivity contribution in [1.82, 2.24) is 10.1 Å². The average molecular weight is 271 g/mol. The van der Waals surface area contributed by atoms with E-state index in [1.807, 2.05) is 0 Å². The van der Waals surface area contributed by atoms with Crippen LogP contribution in [-0.2, 0) is 9.84 Å². The van der Waals surface area contributed by atoms with Gasteiger partial charge in [-0.3, -0.25) is 0 Å². The van der Waals surface area contributed by atoms with E-state index in [2.05, 4.69) is 10.1 Å². The summed E-state index contributed by atoms with van der Waals surface area (Å²) < 4.78 is 31.9. The van der Waals surface area contributed by atoms with E-state index in [0.717, 1.165) is 6.26 Å². The second kappa shape index (κ2) is 4.91. The van der Waals surface area contributed by atoms with Gasteiger partial charge in [-0.2, -0.15) is 4.98 Å². The van der Waals surface area contributed by atoms with Crippen molar-refractivity contribution in [3.63, 3.8) is 0 Å². The van der Waals surface area contributed by atoms with Crippen molar-refractivity contribution in [2.45, 2.75) is 12.5 Å². The molecule has 0 fully saturated rings. The minimum absolute atomic E-state index is 0.0163. The molecule has 0 aromatic carbocycles. The highest BCUT2D eigenvalue weighted by molar-refractivity contribution is 7.90. The summed E-state index contributed by atoms with van der Waals surface area (Å²) in [5, 5.41) is 3.75. The van der Waals surface area contributed by atoms with Crippen LogP contribution in [0.25, 0.3) is 11.4 Å². The summed E-state index contributed by atoms with van der Waals surface area (Å²) in [6.45, 7) is 0. The molecule has 0 radical (unpaired) electrons. The number of aromatic nitrogens is 2. The van der Waals surface area contributed by atoms with Crippen LogP contribution in [-0.4, -0.2) is 30.6 Å². The molecule has 0 aliphatic carbocycles. The van der Waals surface area contributed by atoms with Crippen LogP contribution in [0.4, 0.5) is 0 Å². The lowest BCUT2D eigenvalue weighted by Crippen LogP contribution is -2.16. The summed E-state index contributed by atoms with van der Waals surface area (Å²) in [4.78, 5) is 4.10. The Kier molecular flexibility index (Phi) is 3.48. The third-order valence-corrected chi connectivity index (χ3v) is 3.32. The van der Waals surface area contributed by atoms with Crippen LogP contribution in [0.2, 0.25) is 0 Å². The van der Waals surface area contributed by atoms with Gasteiger partial charge in [0.2, 0.25) is 11.7 Å². The Morgan fingerprint density at radius 3 is 2.89 bits per heavy atom. The molecule has 0 aliphatic heterocycles. The predicted octanol–water partition coefficient (Wildman–Crippen LogP) is 0.764. The van der Waals surface area contributed by atoms with E-state index >= 15 is 0 Å². The first-order valence-corrected chi connectivity index (χ1v) is 7.31. The molecule has 2 aromatic heterocycles. The van der Waals surface area contributed by atoms with Crippen molar-refractivity contribution < 1.29 is 17.4 Å². The largest absolute Gasteiger partial charge is 0.472 e. The normalized spacial score (nSPS) is 13.7. The van der Waals surface area contributed by atoms with Crippen LogP contribution in [0.5, 0.6) is 0 Å². The molecule has 0 aliphatic rings. The summed E-state index contributed by atoms with van der Waals surface area (Å²) >= 11 is 0. The van der Waals surface area contributed by atoms with Crippen LogP contribution >= 0.6 is 0 Å². The van der Waals surface area contributed by atoms with E-state index in [0.29, 0.717) is 11.4 Å². The van der Waals surface area contributed by atoms with Gasteiger partial charge in [-0.15, -0.1) is 0 Å². The van der Waals surface area contributed by atoms with Gasteiger partial charge in [-0.1, -0.05) is 5.16 Å². The Morgan fingerprint density at radius 2 is 2.28 bits per heavy atom. The molecule has 18 heavy (non-hydrogen) atoms. The zero-order valence-electron chi connectivity index (χ0n) is 9.74. The van der Waals surface area contributed by atoms with Crippen molar-refractivity contribution in [3.8, 4) is 11.4 Å². The minimum atomic E-state index is -3.05. The van der Waals surface area contributed by atoms with Crippen LogP contribution in [0.15, 0.2) is 27.5 Å². The number of rotatable bonds is 5. The Balaban J connectivity index is 2.06. The Morgan fingerprint density at radius 1 is 1.50 bits per heavy atom. The fourth-order valence-electron chi connectivity index (χ4n) is 1.36. The summed E-state index contributed by atoms with van der Waals surface area (Å²) in [6, 6.07) is 1.10. The van der Waals surface area contributed by atoms with Crippen LogP contribution < -0.4 is 5.73 Å². The SMILES string of the molecule is CS(=O)(=O)CCC(N)c1nc(-c2ccoc2)no1. The van der Waals surface area contributed by atoms with Gasteiger partial charge < -0.3 is 14.7 Å². The minimum Gasteiger partial charge on any atom is -0.472 e. The maximum absolute atomic E-state index is 11.0. The lowest BCUT2D eigenvalue weighted by molar-refractivity contribution is 0.352. The molecule has 8 heteroatoms. The van der Waals surface area contributed by atoms with Gasteiger partial charge in [0.15, 0.2) is 0 Å². The number of furan rings is 1. The molecule has 2 heterocycles. The molecule has 0 amide bonds. The molecule has 2 N–H and O–H groups in total. The lowest BCUT2D eigenvalue weighted by atomic mass is 10.2. The second-order valence-electron chi connectivity index (χ2n) is 3.99. The Bertz CT molecular complexity index is 603. The van der Waals surface area contributed by atoms with E-state index < -0.39 is 15.9 Å². The third kappa shape index (κ3) is 3.17. The quantitative estimate of drug-likeness (QED) is 0.854. The van der Waals surface area contributed by atoms with Crippen molar-refractivity contribution in [2.75, 3.05) is 12.0 Å². The Hall–Kier alpha value is -1.67. The van der Waals surface area contributed by atoms with Gasteiger partial charge in [-0.05, 0) is 12.5 Å². The molecule has 2 aromatic rings. The number of nitrogens with zero attached hydrogens (tertiary/aromatic N) is 2. The fraction of sp³-hybridized carbons (Fsp3) is 0.400. The van der Waals surface area contributed by atoms with E-state index in [1.54, 1.807) is 6.07 Å². The smallest absolute Gasteiger partial charge is 0.243 e. The monoisotopic (exact) mass is 271 g/mol. The van der Waals surface area contributed by atoms with Crippen molar-refractivity contribution in [1.29, 1.82) is 0 Å². The van der Waals surface area contributed by atoms with Crippen LogP contribution in [0.3, 0.4) is 0 Å². The lowest BCUT2D eigenvalue weighted by Gasteiger charge is -2.04. The molecular weight excluding hydrogens is 258 g/mol. The highest BCUT2D eigenvalue weighted by Gasteiger charge is 2.17. The van der Waals surface area contributed by atoms with Gasteiger partial charge in [0.25, 0.3) is 0 Å². The number of hydrogen-bond acceptors (Lipinski definition) is 7. The maximum Gasteiger partial charge on any atom is 0.243 e. The van der Waals surface area contributed by atoms with E-state index in [-0.39, 0.29) is 18.1 Å². The first-order chi connectivity index (χ1) is 8.46. The van der Waals surface area contributed by atoms with Gasteiger partial charge in [-0.25, -0.2) is 8.42 Å². The molecular formula is C10H13N3O4S. The Labute approximate surface area is 104 Å². The second-order valence-corrected chi connectivity index (χ2v) is 6.25. The zero-order chi connectivity index (χ0) is 13.2. The van der Waals surface area contributed by atoms with Gasteiger partial charge >= 0.3 is 0 Å². The molecule has 1 atom stereocenters. The van der Waals surface area contributed by atoms with Crippen LogP contribution in [0.1, 0.15) is 18.4 Å². The zero-order valence-corrected chi connectivity index (χ0v) is 10.6. The topological polar surface area (TPSA) is 112 Å². The molecule has 0 bridgehead atoms. The number of sulfone groups is 1. The van der Waals surface area contributed by atoms with E-state index in [4.69, 9.17) is 14.7 Å². The molecule has 0 saturated carbocycles. The molecule has 0 spiro atoms. The molecule has 7 nitrogen and oxygen atoms in total. The fourth-order valence-corrected chi connectivity index (χ4v) is 2.04. The summed E-state index contributed by atoms with van der Waals surface area (Å²) in [6.07, 6.45) is 4.38. The first-order valence-electron chi connectivity index (χ1n) is 5.25. The van der Waals surface area contributed by atoms with Gasteiger partial charge in [0.05, 0.1) is 23.6 Å². The molecule has 2 rings (SSSR count). The standard InChI is InChI=1S/C10H13N3O4S/c1-18(14,15)5-3-8(11)10-12-9(13-17-10)7-2-4-16-6-7/h2,4,6,8H,3,5,11H2,1H3. The molecule has 1 unspecified atom stereocenters. The highest BCUT2D eigenvalue weighted by Crippen LogP contribution is 2.19. The summed E-state index contributed by atoms with van der Waals surface area (Å²) in [5.74, 6) is 0.570. The average Bonchev–Trinajstić information content (AvgIpc) is 2.94. The van der Waals surface area contributed by atoms with E-state index in [9.17, 15) is 8.42 Å². The van der Waals surface area contributed by atoms with E-state index in [1.165, 1.54) is 12.5 Å². The number of hydrogen-bond donors (Lipinski definition) is 1.